The van der Waals surface area contributed by atoms with E-state index in [0.717, 1.165) is 175 Å². The van der Waals surface area contributed by atoms with Crippen LogP contribution in [-0.4, -0.2) is 69.1 Å². The van der Waals surface area contributed by atoms with Crippen LogP contribution in [0.4, 0.5) is 0 Å². The number of hydrogen-bond acceptors (Lipinski definition) is 12. The number of aromatic nitrogens is 6. The van der Waals surface area contributed by atoms with Crippen molar-refractivity contribution < 1.29 is 28.6 Å². The maximum absolute atomic E-state index is 12.7. The minimum absolute atomic E-state index is 0.390. The van der Waals surface area contributed by atoms with Gasteiger partial charge in [0, 0.05) is 89.8 Å². The van der Waals surface area contributed by atoms with Gasteiger partial charge in [0.05, 0.1) is 38.0 Å². The summed E-state index contributed by atoms with van der Waals surface area (Å²) < 4.78 is 15.3. The Morgan fingerprint density at radius 2 is 0.370 bits per heavy atom. The number of benzene rings is 7. The van der Waals surface area contributed by atoms with Crippen LogP contribution in [0.2, 0.25) is 0 Å². The predicted octanol–water partition coefficient (Wildman–Crippen LogP) is 25.8. The van der Waals surface area contributed by atoms with E-state index in [1.165, 1.54) is 175 Å². The summed E-state index contributed by atoms with van der Waals surface area (Å²) in [6.07, 6.45) is 51.7. The number of hydrogen-bond donors (Lipinski definition) is 0. The average molecular weight is 1450 g/mol. The standard InChI is InChI=1S/C96H114N6O6/c1-7-10-13-16-19-22-25-28-31-34-37-85-97-64-82(65-98-85)91-88(76-52-40-70(41-53-76)73-46-58-79(59-47-73)94(103)106-4)92(83-66-99-86(100-67-83)38-35-32-29-26-23-20-17-14-11-8-2)90(78-56-44-72(45-57-78)75-50-62-81(63-51-75)96(105)108-6)93(84-68-101-87(102-69-84)39-36-33-30-27-24-21-18-15-12-9-3)89(91)77-54-42-71(43-55-77)74-48-60-80(61-49-74)95(104)107-5/h40-69H,7-39H2,1-6H3. The fourth-order valence-electron chi connectivity index (χ4n) is 14.9. The van der Waals surface area contributed by atoms with Gasteiger partial charge in [-0.1, -0.05) is 303 Å². The van der Waals surface area contributed by atoms with Gasteiger partial charge in [0.25, 0.3) is 0 Å². The summed E-state index contributed by atoms with van der Waals surface area (Å²) in [5, 5.41) is 0. The Balaban J connectivity index is 1.19. The van der Waals surface area contributed by atoms with Crippen LogP contribution in [0.15, 0.2) is 183 Å². The molecule has 0 amide bonds. The summed E-state index contributed by atoms with van der Waals surface area (Å²) in [5.74, 6) is 1.25. The molecule has 0 saturated heterocycles. The molecule has 12 nitrogen and oxygen atoms in total. The second-order valence-corrected chi connectivity index (χ2v) is 29.1. The van der Waals surface area contributed by atoms with Gasteiger partial charge in [-0.25, -0.2) is 44.3 Å². The van der Waals surface area contributed by atoms with Crippen LogP contribution in [0.25, 0.3) is 100 Å². The van der Waals surface area contributed by atoms with E-state index in [0.29, 0.717) is 16.7 Å². The molecule has 3 aromatic heterocycles. The molecule has 0 radical (unpaired) electrons. The number of ether oxygens (including phenoxy) is 3. The number of carbonyl (C=O) groups is 3. The molecule has 0 aliphatic carbocycles. The van der Waals surface area contributed by atoms with Crippen molar-refractivity contribution in [3.05, 3.63) is 217 Å². The van der Waals surface area contributed by atoms with Crippen LogP contribution in [0, 0.1) is 0 Å². The first-order valence-corrected chi connectivity index (χ1v) is 40.7. The lowest BCUT2D eigenvalue weighted by Gasteiger charge is -2.28. The van der Waals surface area contributed by atoms with E-state index >= 15 is 0 Å². The van der Waals surface area contributed by atoms with Crippen molar-refractivity contribution in [2.24, 2.45) is 0 Å². The lowest BCUT2D eigenvalue weighted by molar-refractivity contribution is 0.0592. The SMILES string of the molecule is CCCCCCCCCCCCc1ncc(-c2c(-c3ccc(-c4ccc(C(=O)OC)cc4)cc3)c(-c3cnc(CCCCCCCCCCCC)nc3)c(-c3ccc(-c4ccc(C(=O)OC)cc4)cc3)c(-c3cnc(CCCCCCCCCCCC)nc3)c2-c2ccc(-c3ccc(C(=O)OC)cc3)cc2)cn1. The highest BCUT2D eigenvalue weighted by atomic mass is 16.5. The zero-order valence-corrected chi connectivity index (χ0v) is 65.3. The first-order valence-electron chi connectivity index (χ1n) is 40.7. The Bertz CT molecular complexity index is 3880. The number of esters is 3. The molecule has 0 unspecified atom stereocenters. The minimum Gasteiger partial charge on any atom is -0.465 e. The molecule has 10 aromatic rings. The number of aryl methyl sites for hydroxylation is 3. The normalized spacial score (nSPS) is 11.3. The Kier molecular flexibility index (Phi) is 32.8. The maximum atomic E-state index is 12.7. The molecule has 108 heavy (non-hydrogen) atoms. The molecule has 0 bridgehead atoms. The highest BCUT2D eigenvalue weighted by molar-refractivity contribution is 6.15. The summed E-state index contributed by atoms with van der Waals surface area (Å²) in [4.78, 5) is 70.0. The van der Waals surface area contributed by atoms with E-state index < -0.39 is 17.9 Å². The van der Waals surface area contributed by atoms with E-state index in [-0.39, 0.29) is 0 Å². The summed E-state index contributed by atoms with van der Waals surface area (Å²) >= 11 is 0. The van der Waals surface area contributed by atoms with E-state index in [2.05, 4.69) is 93.6 Å². The Morgan fingerprint density at radius 1 is 0.213 bits per heavy atom. The van der Waals surface area contributed by atoms with Gasteiger partial charge in [0.1, 0.15) is 17.5 Å². The highest BCUT2D eigenvalue weighted by Crippen LogP contribution is 2.56. The molecule has 0 aliphatic rings. The van der Waals surface area contributed by atoms with Crippen molar-refractivity contribution in [3.8, 4) is 100 Å². The van der Waals surface area contributed by atoms with Crippen molar-refractivity contribution in [3.63, 3.8) is 0 Å². The van der Waals surface area contributed by atoms with E-state index in [1.54, 1.807) is 0 Å². The molecule has 3 heterocycles. The molecule has 0 saturated carbocycles. The third-order valence-electron chi connectivity index (χ3n) is 21.2. The largest absolute Gasteiger partial charge is 0.465 e. The molecule has 0 aliphatic heterocycles. The molecule has 564 valence electrons. The van der Waals surface area contributed by atoms with Gasteiger partial charge in [-0.15, -0.1) is 0 Å². The van der Waals surface area contributed by atoms with E-state index in [9.17, 15) is 14.4 Å². The topological polar surface area (TPSA) is 156 Å². The third kappa shape index (κ3) is 23.1. The summed E-state index contributed by atoms with van der Waals surface area (Å²) in [5.41, 5.74) is 17.9. The molecule has 0 fully saturated rings. The van der Waals surface area contributed by atoms with Crippen molar-refractivity contribution in [1.29, 1.82) is 0 Å². The Hall–Kier alpha value is -9.81. The summed E-state index contributed by atoms with van der Waals surface area (Å²) in [7, 11) is 4.20. The summed E-state index contributed by atoms with van der Waals surface area (Å²) in [6, 6.07) is 48.8. The molecule has 0 N–H and O–H groups in total. The number of rotatable bonds is 45. The zero-order chi connectivity index (χ0) is 75.5. The van der Waals surface area contributed by atoms with Gasteiger partial charge in [-0.05, 0) is 122 Å². The van der Waals surface area contributed by atoms with Crippen molar-refractivity contribution in [2.45, 2.75) is 233 Å². The number of unbranched alkanes of at least 4 members (excludes halogenated alkanes) is 27. The second kappa shape index (κ2) is 43.9. The van der Waals surface area contributed by atoms with Gasteiger partial charge in [0.2, 0.25) is 0 Å². The van der Waals surface area contributed by atoms with Gasteiger partial charge < -0.3 is 14.2 Å². The minimum atomic E-state index is -0.390. The molecule has 0 atom stereocenters. The molecule has 0 spiro atoms. The van der Waals surface area contributed by atoms with Crippen molar-refractivity contribution >= 4 is 17.9 Å². The van der Waals surface area contributed by atoms with E-state index in [4.69, 9.17) is 44.1 Å². The molecule has 7 aromatic carbocycles. The van der Waals surface area contributed by atoms with Gasteiger partial charge in [0.15, 0.2) is 0 Å². The Morgan fingerprint density at radius 3 is 0.556 bits per heavy atom. The van der Waals surface area contributed by atoms with Crippen LogP contribution in [0.1, 0.15) is 262 Å². The number of carbonyl (C=O) groups excluding carboxylic acids is 3. The van der Waals surface area contributed by atoms with Crippen LogP contribution < -0.4 is 0 Å². The average Bonchev–Trinajstić information content (AvgIpc) is 0.714. The van der Waals surface area contributed by atoms with Crippen LogP contribution >= 0.6 is 0 Å². The fourth-order valence-corrected chi connectivity index (χ4v) is 14.9. The summed E-state index contributed by atoms with van der Waals surface area (Å²) in [6.45, 7) is 6.82. The predicted molar refractivity (Wildman–Crippen MR) is 443 cm³/mol. The van der Waals surface area contributed by atoms with Gasteiger partial charge in [-0.2, -0.15) is 0 Å². The highest BCUT2D eigenvalue weighted by Gasteiger charge is 2.31. The monoisotopic (exact) mass is 1450 g/mol. The van der Waals surface area contributed by atoms with Gasteiger partial charge >= 0.3 is 17.9 Å². The van der Waals surface area contributed by atoms with Crippen molar-refractivity contribution in [2.75, 3.05) is 21.3 Å². The molecule has 12 heteroatoms. The number of nitrogens with zero attached hydrogens (tertiary/aromatic N) is 6. The smallest absolute Gasteiger partial charge is 0.337 e. The van der Waals surface area contributed by atoms with Crippen LogP contribution in [-0.2, 0) is 33.5 Å². The zero-order valence-electron chi connectivity index (χ0n) is 65.3. The molecular weight excluding hydrogens is 1330 g/mol. The van der Waals surface area contributed by atoms with Crippen LogP contribution in [0.3, 0.4) is 0 Å². The first kappa shape index (κ1) is 80.7. The quantitative estimate of drug-likeness (QED) is 0.0202. The third-order valence-corrected chi connectivity index (χ3v) is 21.2. The Labute approximate surface area is 643 Å². The van der Waals surface area contributed by atoms with Crippen molar-refractivity contribution in [1.82, 2.24) is 29.9 Å². The lowest BCUT2D eigenvalue weighted by Crippen LogP contribution is -2.05. The number of methoxy groups -OCH3 is 3. The lowest BCUT2D eigenvalue weighted by atomic mass is 9.74. The fraction of sp³-hybridized carbons (Fsp3) is 0.406. The first-order chi connectivity index (χ1) is 53.1. The molecular formula is C96H114N6O6. The van der Waals surface area contributed by atoms with Gasteiger partial charge in [-0.3, -0.25) is 0 Å². The van der Waals surface area contributed by atoms with Crippen LogP contribution in [0.5, 0.6) is 0 Å². The molecule has 10 rings (SSSR count). The maximum Gasteiger partial charge on any atom is 0.337 e. The second-order valence-electron chi connectivity index (χ2n) is 29.1. The van der Waals surface area contributed by atoms with E-state index in [1.807, 2.05) is 110 Å².